The second-order valence-electron chi connectivity index (χ2n) is 40.7. The molecule has 26 aromatic carbocycles. The molecule has 0 saturated carbocycles. The van der Waals surface area contributed by atoms with Gasteiger partial charge < -0.3 is 4.18 Å². The highest BCUT2D eigenvalue weighted by atomic mass is 32.2. The van der Waals surface area contributed by atoms with Gasteiger partial charge in [0, 0.05) is 48.5 Å². The van der Waals surface area contributed by atoms with Crippen LogP contribution in [0.5, 0.6) is 5.75 Å². The van der Waals surface area contributed by atoms with Crippen LogP contribution in [0, 0.1) is 0 Å². The first-order valence-electron chi connectivity index (χ1n) is 39.8. The van der Waals surface area contributed by atoms with Gasteiger partial charge in [0.2, 0.25) is 0 Å². The number of halogens is 3. The van der Waals surface area contributed by atoms with E-state index in [9.17, 15) is 8.42 Å². The average molecular weight is 1480 g/mol. The lowest BCUT2D eigenvalue weighted by molar-refractivity contribution is -0.0499. The molecule has 0 radical (unpaired) electrons. The molecule has 4 nitrogen and oxygen atoms in total. The second-order valence-corrected chi connectivity index (χ2v) is 42.2. The predicted octanol–water partition coefficient (Wildman–Crippen LogP) is 30.0. The van der Waals surface area contributed by atoms with Crippen molar-refractivity contribution in [1.29, 1.82) is 0 Å². The summed E-state index contributed by atoms with van der Waals surface area (Å²) in [5.74, 6) is -0.362. The summed E-state index contributed by atoms with van der Waals surface area (Å²) in [7, 11) is -6.37. The highest BCUT2D eigenvalue weighted by molar-refractivity contribution is 7.88. The van der Waals surface area contributed by atoms with Crippen molar-refractivity contribution in [2.75, 3.05) is 0 Å². The number of benzene rings is 25. The van der Waals surface area contributed by atoms with Gasteiger partial charge in [-0.25, -0.2) is 0 Å². The summed E-state index contributed by atoms with van der Waals surface area (Å²) in [6.45, 7) is 41.3. The minimum Gasteiger partial charge on any atom is -0.375 e. The molecule has 0 saturated heterocycles. The van der Waals surface area contributed by atoms with Crippen molar-refractivity contribution < 1.29 is 25.8 Å². The first-order valence-corrected chi connectivity index (χ1v) is 41.2. The predicted molar refractivity (Wildman–Crippen MR) is 475 cm³/mol. The Morgan fingerprint density at radius 2 is 0.402 bits per heavy atom. The summed E-state index contributed by atoms with van der Waals surface area (Å²) in [5.41, 5.74) is -1.08. The fourth-order valence-electron chi connectivity index (χ4n) is 23.4. The van der Waals surface area contributed by atoms with E-state index in [1.165, 1.54) is 70.6 Å². The van der Waals surface area contributed by atoms with E-state index < -0.39 is 31.9 Å². The molecule has 542 valence electrons. The minimum absolute atomic E-state index is 0.0252. The van der Waals surface area contributed by atoms with Gasteiger partial charge in [0.25, 0.3) is 0 Å². The summed E-state index contributed by atoms with van der Waals surface area (Å²) >= 11 is 0. The minimum atomic E-state index is -6.37. The standard InChI is InChI=1S/C104H75F3O4S/c1-98(2,3)40-27-52-46-21-19-23-50-66(46)80-81-67-47(22-20-24-51(67)97(50)108)53-29-44(102(13,14)15)37-63-72(53)86(81)94-89-75-48(54(28-40)68(52)84(80)89)25-26-49-74-65(111-112(109,110)104(105,106)107)39-62-61-35-43(101(10,11)12)33-58-57-31-41(99(4,5)6)30-55-56-32-42(100(7,8)9)34-59-60-36-45(103(16,17)18)38-64-73(60)87-83(70(56)59)82(69(55)57)85(71(58)61)91-77(62)88(74)96-90(76(49)75)92(94)78(63)79(64)93(96)95(87)91/h19-39H,1-18H3. The van der Waals surface area contributed by atoms with Gasteiger partial charge in [-0.1, -0.05) is 173 Å². The summed E-state index contributed by atoms with van der Waals surface area (Å²) in [6.07, 6.45) is 0. The van der Waals surface area contributed by atoms with Gasteiger partial charge >= 0.3 is 15.6 Å². The molecule has 0 heterocycles. The van der Waals surface area contributed by atoms with Crippen LogP contribution in [-0.4, -0.2) is 13.9 Å². The lowest BCUT2D eigenvalue weighted by Gasteiger charge is -2.35. The monoisotopic (exact) mass is 1480 g/mol. The smallest absolute Gasteiger partial charge is 0.375 e. The Morgan fingerprint density at radius 1 is 0.214 bits per heavy atom. The molecule has 0 bridgehead atoms. The van der Waals surface area contributed by atoms with Crippen LogP contribution in [-0.2, 0) is 42.6 Å². The van der Waals surface area contributed by atoms with Gasteiger partial charge in [0.05, 0.1) is 0 Å². The lowest BCUT2D eigenvalue weighted by Crippen LogP contribution is -2.28. The maximum atomic E-state index is 16.5. The molecule has 0 N–H and O–H groups in total. The largest absolute Gasteiger partial charge is 0.534 e. The van der Waals surface area contributed by atoms with Gasteiger partial charge in [0.15, 0.2) is 11.2 Å². The molecular formula is C104H75F3O4S. The zero-order valence-corrected chi connectivity index (χ0v) is 66.6. The number of fused-ring (bicyclic) bond motifs is 11. The van der Waals surface area contributed by atoms with Crippen molar-refractivity contribution in [2.24, 2.45) is 0 Å². The molecule has 0 atom stereocenters. The van der Waals surface area contributed by atoms with Crippen LogP contribution in [0.25, 0.3) is 269 Å². The van der Waals surface area contributed by atoms with Crippen LogP contribution in [0.4, 0.5) is 13.2 Å². The van der Waals surface area contributed by atoms with Crippen molar-refractivity contribution in [2.45, 2.75) is 163 Å². The fourth-order valence-corrected chi connectivity index (χ4v) is 23.9. The molecule has 0 aliphatic rings. The lowest BCUT2D eigenvalue weighted by atomic mass is 9.67. The van der Waals surface area contributed by atoms with Crippen LogP contribution in [0.2, 0.25) is 0 Å². The molecule has 112 heavy (non-hydrogen) atoms. The van der Waals surface area contributed by atoms with Crippen LogP contribution < -0.4 is 9.61 Å². The van der Waals surface area contributed by atoms with E-state index in [1.807, 2.05) is 6.07 Å². The molecule has 0 aromatic heterocycles. The molecular weight excluding hydrogens is 1400 g/mol. The molecule has 0 amide bonds. The Hall–Kier alpha value is -10.9. The molecule has 26 rings (SSSR count). The topological polar surface area (TPSA) is 60.4 Å². The number of alkyl halides is 3. The first kappa shape index (κ1) is 63.7. The van der Waals surface area contributed by atoms with Crippen LogP contribution in [0.3, 0.4) is 0 Å². The molecule has 8 heteroatoms. The normalized spacial score (nSPS) is 14.9. The summed E-state index contributed by atoms with van der Waals surface area (Å²) in [6, 6.07) is 48.3. The van der Waals surface area contributed by atoms with E-state index >= 15 is 18.0 Å². The SMILES string of the molecule is CC(C)(C)c1cc2c3cc(C(C)(C)C)cc4c5cc(C(C)(C)C)cc6c5c5c(c34)c3c2c(c1)c1cc(C(C)(C)C)cc2c4cc(OS(=O)(=O)C(F)(F)F)c7c8ccc9c%10cc(C(C)(C)C)cc%11c%12cccc%13c(=O)c%14cccc%15c%16cc(C(C)(C)C)cc%17c%16c%16c(c%14%15)c(c%13%12)c(c%11%10)c%10c9c8c8c(c%17c6c6c8c7c4c(c3c12)c56)c%16%10. The summed E-state index contributed by atoms with van der Waals surface area (Å²) in [4.78, 5) is 16.5. The van der Waals surface area contributed by atoms with Gasteiger partial charge in [0.1, 0.15) is 0 Å². The Bertz CT molecular complexity index is 9070. The quantitative estimate of drug-likeness (QED) is 0.0749. The third-order valence-electron chi connectivity index (χ3n) is 28.5. The maximum absolute atomic E-state index is 16.5. The van der Waals surface area contributed by atoms with Crippen molar-refractivity contribution in [1.82, 2.24) is 0 Å². The molecule has 26 aromatic rings. The van der Waals surface area contributed by atoms with Crippen molar-refractivity contribution >= 4 is 279 Å². The molecule has 0 aliphatic heterocycles. The van der Waals surface area contributed by atoms with E-state index in [2.05, 4.69) is 240 Å². The molecule has 0 aliphatic carbocycles. The third-order valence-corrected chi connectivity index (χ3v) is 29.4. The summed E-state index contributed by atoms with van der Waals surface area (Å²) < 4.78 is 84.0. The number of hydrogen-bond acceptors (Lipinski definition) is 4. The Balaban J connectivity index is 1.10. The van der Waals surface area contributed by atoms with E-state index in [1.54, 1.807) is 6.07 Å². The molecule has 0 fully saturated rings. The van der Waals surface area contributed by atoms with E-state index in [-0.39, 0.29) is 27.4 Å². The Morgan fingerprint density at radius 3 is 0.696 bits per heavy atom. The van der Waals surface area contributed by atoms with Crippen LogP contribution in [0.15, 0.2) is 132 Å². The van der Waals surface area contributed by atoms with Crippen molar-refractivity contribution in [3.05, 3.63) is 171 Å². The van der Waals surface area contributed by atoms with E-state index in [4.69, 9.17) is 4.18 Å². The number of rotatable bonds is 2. The van der Waals surface area contributed by atoms with Crippen LogP contribution in [0.1, 0.15) is 158 Å². The van der Waals surface area contributed by atoms with Gasteiger partial charge in [-0.15, -0.1) is 0 Å². The highest BCUT2D eigenvalue weighted by Gasteiger charge is 2.50. The van der Waals surface area contributed by atoms with Gasteiger partial charge in [-0.05, 0) is 366 Å². The van der Waals surface area contributed by atoms with Crippen molar-refractivity contribution in [3.63, 3.8) is 0 Å². The summed E-state index contributed by atoms with van der Waals surface area (Å²) in [5, 5.41) is 50.5. The molecule has 0 unspecified atom stereocenters. The fraction of sp³-hybridized carbons (Fsp3) is 0.240. The van der Waals surface area contributed by atoms with E-state index in [0.29, 0.717) is 32.3 Å². The zero-order valence-electron chi connectivity index (χ0n) is 65.8. The first-order chi connectivity index (χ1) is 52.7. The molecule has 0 spiro atoms. The van der Waals surface area contributed by atoms with Crippen LogP contribution >= 0.6 is 0 Å². The Labute approximate surface area is 640 Å². The number of hydrogen-bond donors (Lipinski definition) is 0. The maximum Gasteiger partial charge on any atom is 0.534 e. The van der Waals surface area contributed by atoms with Crippen molar-refractivity contribution in [3.8, 4) is 5.75 Å². The Kier molecular flexibility index (Phi) is 10.3. The van der Waals surface area contributed by atoms with E-state index in [0.717, 1.165) is 200 Å². The average Bonchev–Trinajstić information content (AvgIpc) is 0.710. The zero-order chi connectivity index (χ0) is 77.0. The second kappa shape index (κ2) is 18.1. The highest BCUT2D eigenvalue weighted by Crippen LogP contribution is 2.69. The van der Waals surface area contributed by atoms with Gasteiger partial charge in [-0.2, -0.15) is 21.6 Å². The van der Waals surface area contributed by atoms with Gasteiger partial charge in [-0.3, -0.25) is 4.79 Å². The third kappa shape index (κ3) is 6.74.